The Bertz CT molecular complexity index is 865. The third-order valence-corrected chi connectivity index (χ3v) is 5.81. The first-order valence-electron chi connectivity index (χ1n) is 8.86. The monoisotopic (exact) mass is 389 g/mol. The van der Waals surface area contributed by atoms with Gasteiger partial charge in [-0.05, 0) is 31.0 Å². The fraction of sp³-hybridized carbons (Fsp3) is 0.350. The van der Waals surface area contributed by atoms with E-state index in [-0.39, 0.29) is 30.1 Å². The fourth-order valence-electron chi connectivity index (χ4n) is 2.90. The van der Waals surface area contributed by atoms with E-state index < -0.39 is 10.1 Å². The van der Waals surface area contributed by atoms with Crippen LogP contribution in [0.2, 0.25) is 0 Å². The van der Waals surface area contributed by atoms with Gasteiger partial charge in [-0.1, -0.05) is 48.0 Å². The Labute approximate surface area is 159 Å². The van der Waals surface area contributed by atoms with Crippen LogP contribution in [0.1, 0.15) is 17.5 Å². The van der Waals surface area contributed by atoms with Crippen molar-refractivity contribution < 1.29 is 22.1 Å². The van der Waals surface area contributed by atoms with Gasteiger partial charge in [0.2, 0.25) is 0 Å². The molecule has 2 aromatic rings. The molecular formula is C20H23NO5S. The van der Waals surface area contributed by atoms with Crippen LogP contribution in [-0.4, -0.2) is 39.1 Å². The normalized spacial score (nSPS) is 17.1. The molecule has 0 radical (unpaired) electrons. The molecule has 0 unspecified atom stereocenters. The number of ether oxygens (including phenoxy) is 1. The predicted octanol–water partition coefficient (Wildman–Crippen LogP) is 3.36. The number of nitrogens with zero attached hydrogens (tertiary/aromatic N) is 1. The van der Waals surface area contributed by atoms with Gasteiger partial charge < -0.3 is 9.64 Å². The van der Waals surface area contributed by atoms with Gasteiger partial charge in [0.25, 0.3) is 10.1 Å². The van der Waals surface area contributed by atoms with Gasteiger partial charge in [-0.2, -0.15) is 8.42 Å². The summed E-state index contributed by atoms with van der Waals surface area (Å²) < 4.78 is 35.0. The van der Waals surface area contributed by atoms with Crippen molar-refractivity contribution >= 4 is 16.2 Å². The highest BCUT2D eigenvalue weighted by Crippen LogP contribution is 2.21. The summed E-state index contributed by atoms with van der Waals surface area (Å²) in [6.45, 7) is 3.13. The zero-order chi connectivity index (χ0) is 19.3. The maximum Gasteiger partial charge on any atom is 0.410 e. The van der Waals surface area contributed by atoms with Gasteiger partial charge in [-0.3, -0.25) is 4.18 Å². The maximum atomic E-state index is 12.2. The minimum absolute atomic E-state index is 0.0329. The van der Waals surface area contributed by atoms with Gasteiger partial charge >= 0.3 is 6.09 Å². The number of carbonyl (C=O) groups is 1. The van der Waals surface area contributed by atoms with Gasteiger partial charge in [-0.25, -0.2) is 4.79 Å². The van der Waals surface area contributed by atoms with Crippen molar-refractivity contribution in [2.45, 2.75) is 24.8 Å². The molecule has 0 aliphatic carbocycles. The van der Waals surface area contributed by atoms with Crippen molar-refractivity contribution in [3.8, 4) is 0 Å². The molecule has 1 heterocycles. The van der Waals surface area contributed by atoms with E-state index in [1.54, 1.807) is 17.0 Å². The third-order valence-electron chi connectivity index (χ3n) is 4.52. The lowest BCUT2D eigenvalue weighted by atomic mass is 10.1. The molecule has 1 amide bonds. The maximum absolute atomic E-state index is 12.2. The molecule has 2 aromatic carbocycles. The zero-order valence-corrected chi connectivity index (χ0v) is 16.0. The molecule has 1 saturated heterocycles. The lowest BCUT2D eigenvalue weighted by Gasteiger charge is -2.16. The van der Waals surface area contributed by atoms with E-state index in [0.717, 1.165) is 11.1 Å². The fourth-order valence-corrected chi connectivity index (χ4v) is 3.88. The van der Waals surface area contributed by atoms with Gasteiger partial charge in [0.1, 0.15) is 6.61 Å². The molecule has 3 rings (SSSR count). The SMILES string of the molecule is Cc1ccc(S(=O)(=O)OC[C@@H]2CCN(C(=O)OCc3ccccc3)C2)cc1. The molecule has 0 bridgehead atoms. The van der Waals surface area contributed by atoms with Crippen LogP contribution in [0.3, 0.4) is 0 Å². The summed E-state index contributed by atoms with van der Waals surface area (Å²) in [5.74, 6) is -0.0329. The predicted molar refractivity (Wildman–Crippen MR) is 101 cm³/mol. The van der Waals surface area contributed by atoms with Crippen LogP contribution in [0, 0.1) is 12.8 Å². The number of hydrogen-bond acceptors (Lipinski definition) is 5. The quantitative estimate of drug-likeness (QED) is 0.709. The molecule has 1 atom stereocenters. The smallest absolute Gasteiger partial charge is 0.410 e. The lowest BCUT2D eigenvalue weighted by molar-refractivity contribution is 0.102. The van der Waals surface area contributed by atoms with E-state index in [1.807, 2.05) is 37.3 Å². The number of aryl methyl sites for hydroxylation is 1. The molecule has 0 spiro atoms. The highest BCUT2D eigenvalue weighted by Gasteiger charge is 2.29. The van der Waals surface area contributed by atoms with E-state index >= 15 is 0 Å². The van der Waals surface area contributed by atoms with Crippen molar-refractivity contribution in [2.24, 2.45) is 5.92 Å². The largest absolute Gasteiger partial charge is 0.445 e. The number of benzene rings is 2. The van der Waals surface area contributed by atoms with Crippen molar-refractivity contribution in [3.05, 3.63) is 65.7 Å². The van der Waals surface area contributed by atoms with Crippen LogP contribution in [0.4, 0.5) is 4.79 Å². The van der Waals surface area contributed by atoms with E-state index in [1.165, 1.54) is 12.1 Å². The number of likely N-dealkylation sites (tertiary alicyclic amines) is 1. The van der Waals surface area contributed by atoms with Crippen LogP contribution in [0.25, 0.3) is 0 Å². The second-order valence-corrected chi connectivity index (χ2v) is 8.31. The molecular weight excluding hydrogens is 366 g/mol. The Kier molecular flexibility index (Phi) is 6.13. The average Bonchev–Trinajstić information content (AvgIpc) is 3.15. The summed E-state index contributed by atoms with van der Waals surface area (Å²) >= 11 is 0. The first kappa shape index (κ1) is 19.4. The molecule has 144 valence electrons. The molecule has 0 aromatic heterocycles. The Morgan fingerprint density at radius 2 is 1.81 bits per heavy atom. The summed E-state index contributed by atoms with van der Waals surface area (Å²) in [6, 6.07) is 16.0. The minimum atomic E-state index is -3.78. The van der Waals surface area contributed by atoms with Gasteiger partial charge in [0.15, 0.2) is 0 Å². The summed E-state index contributed by atoms with van der Waals surface area (Å²) in [5.41, 5.74) is 1.91. The molecule has 1 fully saturated rings. The van der Waals surface area contributed by atoms with Gasteiger partial charge in [0.05, 0.1) is 11.5 Å². The van der Waals surface area contributed by atoms with Gasteiger partial charge in [-0.15, -0.1) is 0 Å². The highest BCUT2D eigenvalue weighted by atomic mass is 32.2. The second-order valence-electron chi connectivity index (χ2n) is 6.69. The highest BCUT2D eigenvalue weighted by molar-refractivity contribution is 7.86. The number of hydrogen-bond donors (Lipinski definition) is 0. The van der Waals surface area contributed by atoms with E-state index in [4.69, 9.17) is 8.92 Å². The van der Waals surface area contributed by atoms with Crippen LogP contribution in [-0.2, 0) is 25.6 Å². The zero-order valence-electron chi connectivity index (χ0n) is 15.2. The lowest BCUT2D eigenvalue weighted by Crippen LogP contribution is -2.30. The Balaban J connectivity index is 1.46. The second kappa shape index (κ2) is 8.54. The molecule has 7 heteroatoms. The standard InChI is InChI=1S/C20H23NO5S/c1-16-7-9-19(10-8-16)27(23,24)26-15-18-11-12-21(13-18)20(22)25-14-17-5-3-2-4-6-17/h2-10,18H,11-15H2,1H3/t18-/m1/s1. The van der Waals surface area contributed by atoms with Crippen molar-refractivity contribution in [1.82, 2.24) is 4.90 Å². The summed E-state index contributed by atoms with van der Waals surface area (Å²) in [4.78, 5) is 13.9. The third kappa shape index (κ3) is 5.30. The number of amides is 1. The molecule has 1 aliphatic heterocycles. The van der Waals surface area contributed by atoms with Crippen molar-refractivity contribution in [3.63, 3.8) is 0 Å². The molecule has 0 saturated carbocycles. The molecule has 6 nitrogen and oxygen atoms in total. The van der Waals surface area contributed by atoms with E-state index in [0.29, 0.717) is 19.5 Å². The van der Waals surface area contributed by atoms with Crippen LogP contribution >= 0.6 is 0 Å². The van der Waals surface area contributed by atoms with Crippen LogP contribution < -0.4 is 0 Å². The Hall–Kier alpha value is -2.38. The van der Waals surface area contributed by atoms with Gasteiger partial charge in [0, 0.05) is 19.0 Å². The Morgan fingerprint density at radius 1 is 1.11 bits per heavy atom. The first-order valence-corrected chi connectivity index (χ1v) is 10.3. The summed E-state index contributed by atoms with van der Waals surface area (Å²) in [5, 5.41) is 0. The summed E-state index contributed by atoms with van der Waals surface area (Å²) in [6.07, 6.45) is 0.298. The van der Waals surface area contributed by atoms with E-state index in [2.05, 4.69) is 0 Å². The minimum Gasteiger partial charge on any atom is -0.445 e. The van der Waals surface area contributed by atoms with Crippen LogP contribution in [0.15, 0.2) is 59.5 Å². The average molecular weight is 389 g/mol. The number of rotatable bonds is 6. The molecule has 0 N–H and O–H groups in total. The van der Waals surface area contributed by atoms with Crippen molar-refractivity contribution in [1.29, 1.82) is 0 Å². The Morgan fingerprint density at radius 3 is 2.52 bits per heavy atom. The molecule has 27 heavy (non-hydrogen) atoms. The first-order chi connectivity index (χ1) is 12.9. The topological polar surface area (TPSA) is 72.9 Å². The van der Waals surface area contributed by atoms with E-state index in [9.17, 15) is 13.2 Å². The molecule has 1 aliphatic rings. The summed E-state index contributed by atoms with van der Waals surface area (Å²) in [7, 11) is -3.78. The number of carbonyl (C=O) groups excluding carboxylic acids is 1. The van der Waals surface area contributed by atoms with Crippen LogP contribution in [0.5, 0.6) is 0 Å². The van der Waals surface area contributed by atoms with Crippen molar-refractivity contribution in [2.75, 3.05) is 19.7 Å².